The Morgan fingerprint density at radius 2 is 1.89 bits per heavy atom. The first kappa shape index (κ1) is 18.5. The minimum absolute atomic E-state index is 0.191. The number of carbonyl (C=O) groups excluding carboxylic acids is 1. The predicted octanol–water partition coefficient (Wildman–Crippen LogP) is 4.32. The number of amides is 1. The quantitative estimate of drug-likeness (QED) is 0.421. The summed E-state index contributed by atoms with van der Waals surface area (Å²) in [6.45, 7) is 0.509. The number of ether oxygens (including phenoxy) is 1. The topological polar surface area (TPSA) is 78.8 Å². The lowest BCUT2D eigenvalue weighted by atomic mass is 10.1. The van der Waals surface area contributed by atoms with Crippen LogP contribution in [-0.4, -0.2) is 22.7 Å². The molecule has 0 saturated heterocycles. The van der Waals surface area contributed by atoms with Crippen molar-refractivity contribution in [2.24, 2.45) is 0 Å². The zero-order valence-corrected chi connectivity index (χ0v) is 15.3. The van der Waals surface area contributed by atoms with Gasteiger partial charge in [-0.25, -0.2) is 0 Å². The summed E-state index contributed by atoms with van der Waals surface area (Å²) < 4.78 is 5.71. The van der Waals surface area contributed by atoms with Gasteiger partial charge in [0.15, 0.2) is 16.6 Å². The second-order valence-corrected chi connectivity index (χ2v) is 6.71. The molecule has 3 N–H and O–H groups in total. The molecule has 1 amide bonds. The summed E-state index contributed by atoms with van der Waals surface area (Å²) in [7, 11) is 0. The molecule has 0 atom stereocenters. The fraction of sp³-hybridized carbons (Fsp3) is 0.0952. The molecule has 0 unspecified atom stereocenters. The van der Waals surface area contributed by atoms with Gasteiger partial charge in [-0.05, 0) is 65.4 Å². The number of phenols is 2. The highest BCUT2D eigenvalue weighted by atomic mass is 32.1. The number of phenolic OH excluding ortho intramolecular Hbond substituents is 2. The molecule has 1 heterocycles. The van der Waals surface area contributed by atoms with Gasteiger partial charge in [-0.1, -0.05) is 18.2 Å². The lowest BCUT2D eigenvalue weighted by molar-refractivity contribution is -0.116. The molecule has 2 aromatic carbocycles. The summed E-state index contributed by atoms with van der Waals surface area (Å²) in [5, 5.41) is 24.3. The monoisotopic (exact) mass is 381 g/mol. The maximum absolute atomic E-state index is 11.9. The zero-order valence-electron chi connectivity index (χ0n) is 14.5. The minimum Gasteiger partial charge on any atom is -0.504 e. The van der Waals surface area contributed by atoms with Crippen molar-refractivity contribution in [3.8, 4) is 22.3 Å². The van der Waals surface area contributed by atoms with E-state index in [4.69, 9.17) is 4.74 Å². The number of rotatable bonds is 7. The largest absolute Gasteiger partial charge is 0.504 e. The Morgan fingerprint density at radius 3 is 2.59 bits per heavy atom. The van der Waals surface area contributed by atoms with E-state index in [1.165, 1.54) is 18.2 Å². The molecular formula is C21H19NO4S. The van der Waals surface area contributed by atoms with Crippen LogP contribution in [-0.2, 0) is 11.2 Å². The number of hydrogen-bond acceptors (Lipinski definition) is 5. The van der Waals surface area contributed by atoms with Crippen LogP contribution in [0.2, 0.25) is 0 Å². The highest BCUT2D eigenvalue weighted by molar-refractivity contribution is 7.11. The fourth-order valence-corrected chi connectivity index (χ4v) is 2.96. The van der Waals surface area contributed by atoms with Crippen LogP contribution in [0.4, 0.5) is 0 Å². The second kappa shape index (κ2) is 8.91. The Morgan fingerprint density at radius 1 is 1.07 bits per heavy atom. The molecule has 0 bridgehead atoms. The number of aromatic hydroxyl groups is 2. The Balaban J connectivity index is 1.44. The van der Waals surface area contributed by atoms with E-state index >= 15 is 0 Å². The Labute approximate surface area is 161 Å². The average Bonchev–Trinajstić information content (AvgIpc) is 3.17. The van der Waals surface area contributed by atoms with E-state index in [-0.39, 0.29) is 17.4 Å². The van der Waals surface area contributed by atoms with Gasteiger partial charge in [-0.2, -0.15) is 0 Å². The highest BCUT2D eigenvalue weighted by Gasteiger charge is 2.01. The third-order valence-electron chi connectivity index (χ3n) is 3.78. The third-order valence-corrected chi connectivity index (χ3v) is 4.52. The average molecular weight is 381 g/mol. The molecule has 138 valence electrons. The number of nitrogens with one attached hydrogen (secondary N) is 1. The van der Waals surface area contributed by atoms with Crippen molar-refractivity contribution >= 4 is 23.3 Å². The Hall–Kier alpha value is -3.25. The summed E-state index contributed by atoms with van der Waals surface area (Å²) in [5.41, 5.74) is 1.73. The third kappa shape index (κ3) is 5.62. The van der Waals surface area contributed by atoms with Crippen LogP contribution in [0.5, 0.6) is 22.3 Å². The first-order chi connectivity index (χ1) is 13.1. The first-order valence-corrected chi connectivity index (χ1v) is 9.26. The van der Waals surface area contributed by atoms with Gasteiger partial charge in [0.25, 0.3) is 0 Å². The van der Waals surface area contributed by atoms with E-state index in [9.17, 15) is 15.0 Å². The molecule has 3 aromatic rings. The van der Waals surface area contributed by atoms with Crippen LogP contribution in [0.3, 0.4) is 0 Å². The van der Waals surface area contributed by atoms with Crippen molar-refractivity contribution in [1.82, 2.24) is 5.32 Å². The van der Waals surface area contributed by atoms with Crippen LogP contribution in [0.1, 0.15) is 11.1 Å². The molecule has 27 heavy (non-hydrogen) atoms. The van der Waals surface area contributed by atoms with Crippen molar-refractivity contribution in [2.45, 2.75) is 6.42 Å². The summed E-state index contributed by atoms with van der Waals surface area (Å²) >= 11 is 1.54. The number of thiophene rings is 1. The van der Waals surface area contributed by atoms with Crippen LogP contribution < -0.4 is 10.1 Å². The van der Waals surface area contributed by atoms with E-state index in [1.807, 2.05) is 41.8 Å². The van der Waals surface area contributed by atoms with Crippen LogP contribution in [0.15, 0.2) is 66.1 Å². The van der Waals surface area contributed by atoms with Crippen molar-refractivity contribution in [3.63, 3.8) is 0 Å². The highest BCUT2D eigenvalue weighted by Crippen LogP contribution is 2.26. The SMILES string of the molecule is O=C(/C=C/c1ccc(O)c(O)c1)NCCc1ccc(Oc2cccs2)cc1. The van der Waals surface area contributed by atoms with Crippen molar-refractivity contribution < 1.29 is 19.7 Å². The Bertz CT molecular complexity index is 918. The van der Waals surface area contributed by atoms with Gasteiger partial charge in [0.2, 0.25) is 5.91 Å². The van der Waals surface area contributed by atoms with E-state index in [0.717, 1.165) is 16.4 Å². The van der Waals surface area contributed by atoms with E-state index in [0.29, 0.717) is 18.5 Å². The summed E-state index contributed by atoms with van der Waals surface area (Å²) in [4.78, 5) is 11.9. The van der Waals surface area contributed by atoms with Gasteiger partial charge < -0.3 is 20.3 Å². The molecule has 0 aliphatic rings. The van der Waals surface area contributed by atoms with Crippen LogP contribution in [0.25, 0.3) is 6.08 Å². The van der Waals surface area contributed by atoms with Crippen molar-refractivity contribution in [1.29, 1.82) is 0 Å². The van der Waals surface area contributed by atoms with E-state index < -0.39 is 0 Å². The van der Waals surface area contributed by atoms with Crippen molar-refractivity contribution in [2.75, 3.05) is 6.54 Å². The molecule has 0 saturated carbocycles. The smallest absolute Gasteiger partial charge is 0.244 e. The number of hydrogen-bond donors (Lipinski definition) is 3. The summed E-state index contributed by atoms with van der Waals surface area (Å²) in [6, 6.07) is 16.0. The molecule has 0 radical (unpaired) electrons. The van der Waals surface area contributed by atoms with Crippen LogP contribution >= 0.6 is 11.3 Å². The maximum Gasteiger partial charge on any atom is 0.244 e. The van der Waals surface area contributed by atoms with Gasteiger partial charge in [-0.15, -0.1) is 11.3 Å². The van der Waals surface area contributed by atoms with E-state index in [1.54, 1.807) is 23.5 Å². The van der Waals surface area contributed by atoms with Gasteiger partial charge in [0.05, 0.1) is 0 Å². The molecule has 1 aromatic heterocycles. The fourth-order valence-electron chi connectivity index (χ4n) is 2.37. The molecule has 5 nitrogen and oxygen atoms in total. The summed E-state index contributed by atoms with van der Waals surface area (Å²) in [5.74, 6) is 0.151. The van der Waals surface area contributed by atoms with Gasteiger partial charge in [0, 0.05) is 12.6 Å². The van der Waals surface area contributed by atoms with Gasteiger partial charge >= 0.3 is 0 Å². The zero-order chi connectivity index (χ0) is 19.1. The molecular weight excluding hydrogens is 362 g/mol. The predicted molar refractivity (Wildman–Crippen MR) is 106 cm³/mol. The Kier molecular flexibility index (Phi) is 6.12. The molecule has 6 heteroatoms. The minimum atomic E-state index is -0.222. The first-order valence-electron chi connectivity index (χ1n) is 8.38. The number of benzene rings is 2. The lowest BCUT2D eigenvalue weighted by Crippen LogP contribution is -2.23. The number of carbonyl (C=O) groups is 1. The van der Waals surface area contributed by atoms with Crippen LogP contribution in [0, 0.1) is 0 Å². The molecule has 0 spiro atoms. The molecule has 0 fully saturated rings. The normalized spacial score (nSPS) is 10.8. The van der Waals surface area contributed by atoms with Gasteiger partial charge in [0.1, 0.15) is 5.75 Å². The van der Waals surface area contributed by atoms with Gasteiger partial charge in [-0.3, -0.25) is 4.79 Å². The molecule has 0 aliphatic carbocycles. The standard InChI is InChI=1S/C21H19NO4S/c23-18-9-5-16(14-19(18)24)6-10-20(25)22-12-11-15-3-7-17(8-4-15)26-21-2-1-13-27-21/h1-10,13-14,23-24H,11-12H2,(H,22,25)/b10-6+. The molecule has 3 rings (SSSR count). The van der Waals surface area contributed by atoms with E-state index in [2.05, 4.69) is 5.32 Å². The molecule has 0 aliphatic heterocycles. The van der Waals surface area contributed by atoms with Crippen molar-refractivity contribution in [3.05, 3.63) is 77.2 Å². The lowest BCUT2D eigenvalue weighted by Gasteiger charge is -2.06. The summed E-state index contributed by atoms with van der Waals surface area (Å²) in [6.07, 6.45) is 3.67. The maximum atomic E-state index is 11.9. The second-order valence-electron chi connectivity index (χ2n) is 5.80.